The minimum atomic E-state index is -0.256. The zero-order valence-electron chi connectivity index (χ0n) is 19.1. The van der Waals surface area contributed by atoms with Crippen LogP contribution in [0.3, 0.4) is 0 Å². The molecule has 0 unspecified atom stereocenters. The van der Waals surface area contributed by atoms with E-state index in [0.29, 0.717) is 56.1 Å². The van der Waals surface area contributed by atoms with Gasteiger partial charge in [-0.2, -0.15) is 5.10 Å². The number of likely N-dealkylation sites (tertiary alicyclic amines) is 1. The number of aromatic amines is 1. The number of aromatic nitrogens is 4. The molecule has 2 amide bonds. The van der Waals surface area contributed by atoms with Gasteiger partial charge in [-0.25, -0.2) is 4.98 Å². The van der Waals surface area contributed by atoms with Gasteiger partial charge in [-0.05, 0) is 38.7 Å². The van der Waals surface area contributed by atoms with Crippen LogP contribution < -0.4 is 5.56 Å². The van der Waals surface area contributed by atoms with Gasteiger partial charge in [-0.15, -0.1) is 0 Å². The Balaban J connectivity index is 1.57. The minimum absolute atomic E-state index is 0.0472. The molecule has 9 nitrogen and oxygen atoms in total. The molecular formula is C23H32N6O3. The van der Waals surface area contributed by atoms with Crippen LogP contribution in [0, 0.1) is 12.8 Å². The van der Waals surface area contributed by atoms with E-state index in [1.807, 2.05) is 37.9 Å². The molecule has 1 fully saturated rings. The number of aryl methyl sites for hydroxylation is 1. The summed E-state index contributed by atoms with van der Waals surface area (Å²) in [6, 6.07) is 1.67. The van der Waals surface area contributed by atoms with E-state index in [1.54, 1.807) is 9.58 Å². The highest BCUT2D eigenvalue weighted by Gasteiger charge is 2.33. The van der Waals surface area contributed by atoms with E-state index in [9.17, 15) is 14.4 Å². The van der Waals surface area contributed by atoms with E-state index in [1.165, 1.54) is 0 Å². The molecule has 2 atom stereocenters. The third-order valence-corrected chi connectivity index (χ3v) is 6.50. The Labute approximate surface area is 187 Å². The molecule has 1 saturated heterocycles. The van der Waals surface area contributed by atoms with Crippen molar-refractivity contribution < 1.29 is 9.59 Å². The summed E-state index contributed by atoms with van der Waals surface area (Å²) in [5.41, 5.74) is 2.10. The van der Waals surface area contributed by atoms with Gasteiger partial charge in [0.2, 0.25) is 11.8 Å². The first-order chi connectivity index (χ1) is 15.4. The molecule has 9 heteroatoms. The normalized spacial score (nSPS) is 19.5. The van der Waals surface area contributed by atoms with Crippen molar-refractivity contribution in [2.75, 3.05) is 13.1 Å². The summed E-state index contributed by atoms with van der Waals surface area (Å²) in [6.07, 6.45) is 5.50. The molecule has 2 aromatic heterocycles. The lowest BCUT2D eigenvalue weighted by molar-refractivity contribution is -0.139. The second-order valence-electron chi connectivity index (χ2n) is 8.92. The SMILES string of the molecule is CCC(=O)N1CCc2c(nc([C@H]3CCCCN3C(=O)[C@@H](C)Cn3ccc(C)n3)[nH]c2=O)C1. The molecule has 4 rings (SSSR count). The van der Waals surface area contributed by atoms with Crippen LogP contribution in [0.5, 0.6) is 0 Å². The Morgan fingerprint density at radius 3 is 2.81 bits per heavy atom. The predicted octanol–water partition coefficient (Wildman–Crippen LogP) is 1.96. The molecule has 2 aliphatic rings. The van der Waals surface area contributed by atoms with Gasteiger partial charge in [-0.1, -0.05) is 13.8 Å². The highest BCUT2D eigenvalue weighted by atomic mass is 16.2. The third kappa shape index (κ3) is 4.47. The lowest BCUT2D eigenvalue weighted by Crippen LogP contribution is -2.44. The summed E-state index contributed by atoms with van der Waals surface area (Å²) >= 11 is 0. The fourth-order valence-corrected chi connectivity index (χ4v) is 4.74. The average molecular weight is 441 g/mol. The number of nitrogens with zero attached hydrogens (tertiary/aromatic N) is 5. The Kier molecular flexibility index (Phi) is 6.43. The van der Waals surface area contributed by atoms with E-state index >= 15 is 0 Å². The lowest BCUT2D eigenvalue weighted by atomic mass is 9.98. The molecule has 172 valence electrons. The molecule has 32 heavy (non-hydrogen) atoms. The zero-order valence-corrected chi connectivity index (χ0v) is 19.1. The van der Waals surface area contributed by atoms with Crippen LogP contribution in [0.4, 0.5) is 0 Å². The lowest BCUT2D eigenvalue weighted by Gasteiger charge is -2.37. The quantitative estimate of drug-likeness (QED) is 0.765. The number of fused-ring (bicyclic) bond motifs is 1. The van der Waals surface area contributed by atoms with Crippen LogP contribution in [0.25, 0.3) is 0 Å². The van der Waals surface area contributed by atoms with Crippen LogP contribution in [-0.4, -0.2) is 54.5 Å². The summed E-state index contributed by atoms with van der Waals surface area (Å²) < 4.78 is 1.80. The highest BCUT2D eigenvalue weighted by molar-refractivity contribution is 5.79. The standard InChI is InChI=1S/C23H32N6O3/c1-4-20(30)27-11-9-17-18(14-27)24-21(25-22(17)31)19-7-5-6-10-29(19)23(32)15(2)13-28-12-8-16(3)26-28/h8,12,15,19H,4-7,9-11,13-14H2,1-3H3,(H,24,25,31)/t15-,19+/m0/s1. The summed E-state index contributed by atoms with van der Waals surface area (Å²) in [4.78, 5) is 49.7. The van der Waals surface area contributed by atoms with Gasteiger partial charge in [0.1, 0.15) is 5.82 Å². The van der Waals surface area contributed by atoms with E-state index < -0.39 is 0 Å². The van der Waals surface area contributed by atoms with Gasteiger partial charge in [0.15, 0.2) is 0 Å². The second kappa shape index (κ2) is 9.26. The summed E-state index contributed by atoms with van der Waals surface area (Å²) in [5, 5.41) is 4.40. The van der Waals surface area contributed by atoms with Crippen molar-refractivity contribution in [3.8, 4) is 0 Å². The number of H-pyrrole nitrogens is 1. The van der Waals surface area contributed by atoms with Gasteiger partial charge in [0.05, 0.1) is 36.4 Å². The zero-order chi connectivity index (χ0) is 22.8. The van der Waals surface area contributed by atoms with Crippen molar-refractivity contribution in [2.24, 2.45) is 5.92 Å². The number of carbonyl (C=O) groups is 2. The molecule has 0 spiro atoms. The highest BCUT2D eigenvalue weighted by Crippen LogP contribution is 2.31. The summed E-state index contributed by atoms with van der Waals surface area (Å²) in [6.45, 7) is 7.74. The molecule has 2 aromatic rings. The predicted molar refractivity (Wildman–Crippen MR) is 119 cm³/mol. The first-order valence-electron chi connectivity index (χ1n) is 11.6. The number of hydrogen-bond acceptors (Lipinski definition) is 5. The van der Waals surface area contributed by atoms with Gasteiger partial charge in [0, 0.05) is 31.3 Å². The van der Waals surface area contributed by atoms with Gasteiger partial charge < -0.3 is 14.8 Å². The summed E-state index contributed by atoms with van der Waals surface area (Å²) in [7, 11) is 0. The number of rotatable bonds is 5. The van der Waals surface area contributed by atoms with Crippen molar-refractivity contribution in [3.05, 3.63) is 45.4 Å². The molecule has 4 heterocycles. The number of amides is 2. The van der Waals surface area contributed by atoms with E-state index in [-0.39, 0.29) is 29.3 Å². The minimum Gasteiger partial charge on any atom is -0.336 e. The molecule has 0 aliphatic carbocycles. The maximum Gasteiger partial charge on any atom is 0.254 e. The molecule has 0 radical (unpaired) electrons. The first-order valence-corrected chi connectivity index (χ1v) is 11.6. The molecule has 2 aliphatic heterocycles. The Morgan fingerprint density at radius 2 is 2.09 bits per heavy atom. The number of nitrogens with one attached hydrogen (secondary N) is 1. The van der Waals surface area contributed by atoms with Crippen molar-refractivity contribution in [1.29, 1.82) is 0 Å². The van der Waals surface area contributed by atoms with Gasteiger partial charge >= 0.3 is 0 Å². The number of hydrogen-bond donors (Lipinski definition) is 1. The molecule has 1 N–H and O–H groups in total. The van der Waals surface area contributed by atoms with Gasteiger partial charge in [0.25, 0.3) is 5.56 Å². The second-order valence-corrected chi connectivity index (χ2v) is 8.92. The smallest absolute Gasteiger partial charge is 0.254 e. The van der Waals surface area contributed by atoms with E-state index in [0.717, 1.165) is 25.0 Å². The Hall–Kier alpha value is -2.97. The fourth-order valence-electron chi connectivity index (χ4n) is 4.74. The van der Waals surface area contributed by atoms with Crippen LogP contribution in [0.1, 0.15) is 68.3 Å². The molecule has 0 saturated carbocycles. The van der Waals surface area contributed by atoms with Crippen LogP contribution in [0.15, 0.2) is 17.1 Å². The van der Waals surface area contributed by atoms with E-state index in [2.05, 4.69) is 10.1 Å². The monoisotopic (exact) mass is 440 g/mol. The number of carbonyl (C=O) groups excluding carboxylic acids is 2. The van der Waals surface area contributed by atoms with Crippen molar-refractivity contribution in [2.45, 2.75) is 72.0 Å². The van der Waals surface area contributed by atoms with Crippen molar-refractivity contribution in [1.82, 2.24) is 29.5 Å². The van der Waals surface area contributed by atoms with E-state index in [4.69, 9.17) is 4.98 Å². The fraction of sp³-hybridized carbons (Fsp3) is 0.609. The van der Waals surface area contributed by atoms with Crippen LogP contribution in [-0.2, 0) is 29.1 Å². The Morgan fingerprint density at radius 1 is 1.28 bits per heavy atom. The third-order valence-electron chi connectivity index (χ3n) is 6.50. The average Bonchev–Trinajstić information content (AvgIpc) is 3.21. The van der Waals surface area contributed by atoms with Crippen molar-refractivity contribution >= 4 is 11.8 Å². The van der Waals surface area contributed by atoms with Crippen LogP contribution >= 0.6 is 0 Å². The largest absolute Gasteiger partial charge is 0.336 e. The van der Waals surface area contributed by atoms with Crippen LogP contribution in [0.2, 0.25) is 0 Å². The molecule has 0 bridgehead atoms. The van der Waals surface area contributed by atoms with Gasteiger partial charge in [-0.3, -0.25) is 19.1 Å². The van der Waals surface area contributed by atoms with Crippen molar-refractivity contribution in [3.63, 3.8) is 0 Å². The Bertz CT molecular complexity index is 1060. The maximum atomic E-state index is 13.4. The number of piperidine rings is 1. The molecule has 0 aromatic carbocycles. The molecular weight excluding hydrogens is 408 g/mol. The summed E-state index contributed by atoms with van der Waals surface area (Å²) in [5.74, 6) is 0.411. The maximum absolute atomic E-state index is 13.4. The topological polar surface area (TPSA) is 104 Å². The first kappa shape index (κ1) is 22.2.